The van der Waals surface area contributed by atoms with Crippen molar-refractivity contribution in [2.75, 3.05) is 6.54 Å². The molecule has 120 valence electrons. The minimum atomic E-state index is -0.943. The lowest BCUT2D eigenvalue weighted by Crippen LogP contribution is -2.44. The molecule has 1 heterocycles. The Morgan fingerprint density at radius 3 is 2.68 bits per heavy atom. The number of nitrogens with zero attached hydrogens (tertiary/aromatic N) is 1. The molecule has 2 rings (SSSR count). The topological polar surface area (TPSA) is 57.6 Å². The van der Waals surface area contributed by atoms with Crippen LogP contribution in [0.4, 0.5) is 8.78 Å². The molecule has 22 heavy (non-hydrogen) atoms. The van der Waals surface area contributed by atoms with Gasteiger partial charge in [-0.15, -0.1) is 0 Å². The summed E-state index contributed by atoms with van der Waals surface area (Å²) in [6, 6.07) is 1.30. The Balaban J connectivity index is 2.21. The summed E-state index contributed by atoms with van der Waals surface area (Å²) in [6.07, 6.45) is 2.54. The second kappa shape index (κ2) is 7.05. The molecule has 1 aliphatic rings. The van der Waals surface area contributed by atoms with Gasteiger partial charge in [-0.3, -0.25) is 9.59 Å². The maximum absolute atomic E-state index is 13.9. The summed E-state index contributed by atoms with van der Waals surface area (Å²) in [7, 11) is 0. The van der Waals surface area contributed by atoms with Crippen molar-refractivity contribution in [3.63, 3.8) is 0 Å². The van der Waals surface area contributed by atoms with E-state index in [4.69, 9.17) is 16.7 Å². The molecule has 1 unspecified atom stereocenters. The van der Waals surface area contributed by atoms with E-state index in [-0.39, 0.29) is 23.0 Å². The summed E-state index contributed by atoms with van der Waals surface area (Å²) in [5, 5.41) is 8.39. The standard InChI is InChI=1S/C15H16ClF2NO3/c16-11-8-12(17)10(7-13(11)18)15(22)19-6-2-1-3-9(19)4-5-14(20)21/h7-9H,1-6H2,(H,20,21). The second-order valence-corrected chi connectivity index (χ2v) is 5.73. The number of rotatable bonds is 4. The summed E-state index contributed by atoms with van der Waals surface area (Å²) in [5.74, 6) is -3.30. The molecule has 1 fully saturated rings. The van der Waals surface area contributed by atoms with Gasteiger partial charge in [-0.25, -0.2) is 8.78 Å². The Labute approximate surface area is 131 Å². The first-order chi connectivity index (χ1) is 10.4. The van der Waals surface area contributed by atoms with E-state index < -0.39 is 23.5 Å². The average Bonchev–Trinajstić information content (AvgIpc) is 2.48. The molecule has 1 aliphatic heterocycles. The van der Waals surface area contributed by atoms with Crippen LogP contribution in [-0.2, 0) is 4.79 Å². The van der Waals surface area contributed by atoms with Crippen molar-refractivity contribution in [1.29, 1.82) is 0 Å². The lowest BCUT2D eigenvalue weighted by Gasteiger charge is -2.35. The molecule has 0 aromatic heterocycles. The van der Waals surface area contributed by atoms with Gasteiger partial charge in [-0.2, -0.15) is 0 Å². The summed E-state index contributed by atoms with van der Waals surface area (Å²) in [6.45, 7) is 0.410. The van der Waals surface area contributed by atoms with E-state index in [9.17, 15) is 18.4 Å². The maximum Gasteiger partial charge on any atom is 0.303 e. The van der Waals surface area contributed by atoms with E-state index in [2.05, 4.69) is 0 Å². The van der Waals surface area contributed by atoms with E-state index in [0.29, 0.717) is 19.4 Å². The molecule has 1 aromatic rings. The molecule has 0 aliphatic carbocycles. The minimum Gasteiger partial charge on any atom is -0.481 e. The van der Waals surface area contributed by atoms with Crippen LogP contribution in [0, 0.1) is 11.6 Å². The van der Waals surface area contributed by atoms with Crippen LogP contribution in [0.1, 0.15) is 42.5 Å². The highest BCUT2D eigenvalue weighted by Gasteiger charge is 2.29. The molecule has 4 nitrogen and oxygen atoms in total. The Morgan fingerprint density at radius 2 is 2.00 bits per heavy atom. The normalized spacial score (nSPS) is 18.3. The number of carboxylic acid groups (broad SMARTS) is 1. The molecule has 0 bridgehead atoms. The van der Waals surface area contributed by atoms with Crippen molar-refractivity contribution < 1.29 is 23.5 Å². The van der Waals surface area contributed by atoms with Crippen molar-refractivity contribution in [2.24, 2.45) is 0 Å². The number of aliphatic carboxylic acids is 1. The fraction of sp³-hybridized carbons (Fsp3) is 0.467. The smallest absolute Gasteiger partial charge is 0.303 e. The fourth-order valence-corrected chi connectivity index (χ4v) is 2.85. The Kier molecular flexibility index (Phi) is 5.34. The zero-order valence-corrected chi connectivity index (χ0v) is 12.6. The van der Waals surface area contributed by atoms with E-state index in [1.165, 1.54) is 4.90 Å². The van der Waals surface area contributed by atoms with Crippen molar-refractivity contribution >= 4 is 23.5 Å². The van der Waals surface area contributed by atoms with E-state index in [1.54, 1.807) is 0 Å². The molecule has 0 saturated carbocycles. The molecule has 1 saturated heterocycles. The molecule has 1 amide bonds. The number of hydrogen-bond donors (Lipinski definition) is 1. The summed E-state index contributed by atoms with van der Waals surface area (Å²) < 4.78 is 27.4. The van der Waals surface area contributed by atoms with Crippen LogP contribution in [0.15, 0.2) is 12.1 Å². The first kappa shape index (κ1) is 16.7. The number of carbonyl (C=O) groups excluding carboxylic acids is 1. The minimum absolute atomic E-state index is 0.0636. The number of piperidine rings is 1. The molecule has 1 aromatic carbocycles. The average molecular weight is 332 g/mol. The Bertz CT molecular complexity index is 594. The zero-order chi connectivity index (χ0) is 16.3. The van der Waals surface area contributed by atoms with Crippen LogP contribution in [0.2, 0.25) is 5.02 Å². The van der Waals surface area contributed by atoms with Gasteiger partial charge in [-0.1, -0.05) is 11.6 Å². The van der Waals surface area contributed by atoms with E-state index in [1.807, 2.05) is 0 Å². The molecular formula is C15H16ClF2NO3. The monoisotopic (exact) mass is 331 g/mol. The number of likely N-dealkylation sites (tertiary alicyclic amines) is 1. The molecule has 0 spiro atoms. The zero-order valence-electron chi connectivity index (χ0n) is 11.8. The van der Waals surface area contributed by atoms with Gasteiger partial charge in [0.15, 0.2) is 0 Å². The van der Waals surface area contributed by atoms with Crippen LogP contribution in [0.3, 0.4) is 0 Å². The maximum atomic E-state index is 13.9. The number of carboxylic acids is 1. The number of hydrogen-bond acceptors (Lipinski definition) is 2. The highest BCUT2D eigenvalue weighted by Crippen LogP contribution is 2.26. The largest absolute Gasteiger partial charge is 0.481 e. The fourth-order valence-electron chi connectivity index (χ4n) is 2.70. The summed E-state index contributed by atoms with van der Waals surface area (Å²) in [5.41, 5.74) is -0.371. The van der Waals surface area contributed by atoms with Gasteiger partial charge in [0.25, 0.3) is 5.91 Å². The highest BCUT2D eigenvalue weighted by molar-refractivity contribution is 6.30. The van der Waals surface area contributed by atoms with Gasteiger partial charge in [0.2, 0.25) is 0 Å². The summed E-state index contributed by atoms with van der Waals surface area (Å²) >= 11 is 5.48. The molecular weight excluding hydrogens is 316 g/mol. The first-order valence-corrected chi connectivity index (χ1v) is 7.45. The Morgan fingerprint density at radius 1 is 1.27 bits per heavy atom. The van der Waals surface area contributed by atoms with E-state index in [0.717, 1.165) is 25.0 Å². The van der Waals surface area contributed by atoms with Crippen LogP contribution in [0.25, 0.3) is 0 Å². The van der Waals surface area contributed by atoms with Crippen molar-refractivity contribution in [3.05, 3.63) is 34.4 Å². The van der Waals surface area contributed by atoms with Gasteiger partial charge in [0.05, 0.1) is 10.6 Å². The number of carbonyl (C=O) groups is 2. The number of halogens is 3. The number of benzene rings is 1. The van der Waals surface area contributed by atoms with Crippen LogP contribution in [0.5, 0.6) is 0 Å². The Hall–Kier alpha value is -1.69. The van der Waals surface area contributed by atoms with Gasteiger partial charge in [0, 0.05) is 19.0 Å². The van der Waals surface area contributed by atoms with Gasteiger partial charge in [0.1, 0.15) is 11.6 Å². The molecule has 7 heteroatoms. The predicted octanol–water partition coefficient (Wildman–Crippen LogP) is 3.48. The molecule has 1 atom stereocenters. The van der Waals surface area contributed by atoms with Crippen LogP contribution >= 0.6 is 11.6 Å². The van der Waals surface area contributed by atoms with Crippen LogP contribution in [-0.4, -0.2) is 34.5 Å². The highest BCUT2D eigenvalue weighted by atomic mass is 35.5. The molecule has 1 N–H and O–H groups in total. The van der Waals surface area contributed by atoms with Crippen molar-refractivity contribution in [2.45, 2.75) is 38.1 Å². The lowest BCUT2D eigenvalue weighted by molar-refractivity contribution is -0.137. The summed E-state index contributed by atoms with van der Waals surface area (Å²) in [4.78, 5) is 24.6. The van der Waals surface area contributed by atoms with Crippen molar-refractivity contribution in [3.8, 4) is 0 Å². The van der Waals surface area contributed by atoms with E-state index >= 15 is 0 Å². The SMILES string of the molecule is O=C(O)CCC1CCCCN1C(=O)c1cc(F)c(Cl)cc1F. The number of amides is 1. The third-order valence-electron chi connectivity index (χ3n) is 3.82. The predicted molar refractivity (Wildman–Crippen MR) is 76.9 cm³/mol. The third-order valence-corrected chi connectivity index (χ3v) is 4.11. The van der Waals surface area contributed by atoms with Gasteiger partial charge >= 0.3 is 5.97 Å². The van der Waals surface area contributed by atoms with Gasteiger partial charge < -0.3 is 10.0 Å². The first-order valence-electron chi connectivity index (χ1n) is 7.07. The quantitative estimate of drug-likeness (QED) is 0.859. The third kappa shape index (κ3) is 3.74. The van der Waals surface area contributed by atoms with Crippen LogP contribution < -0.4 is 0 Å². The lowest BCUT2D eigenvalue weighted by atomic mass is 9.97. The van der Waals surface area contributed by atoms with Crippen molar-refractivity contribution in [1.82, 2.24) is 4.90 Å². The second-order valence-electron chi connectivity index (χ2n) is 5.33. The van der Waals surface area contributed by atoms with Gasteiger partial charge in [-0.05, 0) is 37.8 Å². The molecule has 0 radical (unpaired) electrons.